The van der Waals surface area contributed by atoms with E-state index in [4.69, 9.17) is 10.5 Å². The Morgan fingerprint density at radius 2 is 1.94 bits per heavy atom. The highest BCUT2D eigenvalue weighted by atomic mass is 16.5. The van der Waals surface area contributed by atoms with Crippen LogP contribution in [-0.2, 0) is 4.74 Å². The standard InChI is InChI=1S/C13H28N2O2/c1-4-13(14,10-16)6-5-7-15-8-11(2)17-12(3)9-15/h11-12,16H,4-10,14H2,1-3H3/t11-,12+,13?. The third-order valence-electron chi connectivity index (χ3n) is 3.66. The van der Waals surface area contributed by atoms with E-state index in [0.29, 0.717) is 12.2 Å². The normalized spacial score (nSPS) is 30.2. The number of nitrogens with two attached hydrogens (primary N) is 1. The van der Waals surface area contributed by atoms with Gasteiger partial charge in [0.05, 0.1) is 18.8 Å². The Hall–Kier alpha value is -0.160. The molecule has 1 saturated heterocycles. The Bertz CT molecular complexity index is 209. The van der Waals surface area contributed by atoms with Gasteiger partial charge >= 0.3 is 0 Å². The van der Waals surface area contributed by atoms with Crippen LogP contribution < -0.4 is 5.73 Å². The molecule has 0 amide bonds. The molecule has 4 heteroatoms. The molecule has 0 aliphatic carbocycles. The first-order valence-corrected chi connectivity index (χ1v) is 6.76. The molecule has 1 rings (SSSR count). The summed E-state index contributed by atoms with van der Waals surface area (Å²) in [5, 5.41) is 9.25. The monoisotopic (exact) mass is 244 g/mol. The molecule has 1 unspecified atom stereocenters. The number of hydrogen-bond donors (Lipinski definition) is 2. The van der Waals surface area contributed by atoms with Crippen LogP contribution in [0.4, 0.5) is 0 Å². The molecule has 0 saturated carbocycles. The minimum absolute atomic E-state index is 0.0828. The van der Waals surface area contributed by atoms with Crippen LogP contribution in [0, 0.1) is 0 Å². The van der Waals surface area contributed by atoms with Gasteiger partial charge in [0.15, 0.2) is 0 Å². The van der Waals surface area contributed by atoms with Crippen molar-refractivity contribution >= 4 is 0 Å². The molecule has 0 aromatic rings. The molecule has 102 valence electrons. The molecule has 3 N–H and O–H groups in total. The van der Waals surface area contributed by atoms with Crippen LogP contribution >= 0.6 is 0 Å². The summed E-state index contributed by atoms with van der Waals surface area (Å²) in [5.41, 5.74) is 5.69. The first-order valence-electron chi connectivity index (χ1n) is 6.76. The molecular formula is C13H28N2O2. The first kappa shape index (κ1) is 14.9. The van der Waals surface area contributed by atoms with Crippen molar-refractivity contribution in [3.63, 3.8) is 0 Å². The molecule has 1 aliphatic rings. The number of hydrogen-bond acceptors (Lipinski definition) is 4. The largest absolute Gasteiger partial charge is 0.394 e. The number of nitrogens with zero attached hydrogens (tertiary/aromatic N) is 1. The fraction of sp³-hybridized carbons (Fsp3) is 1.00. The topological polar surface area (TPSA) is 58.7 Å². The minimum atomic E-state index is -0.385. The maximum Gasteiger partial charge on any atom is 0.0678 e. The number of ether oxygens (including phenoxy) is 1. The SMILES string of the molecule is CCC(N)(CO)CCCN1C[C@@H](C)O[C@@H](C)C1. The molecule has 0 aromatic carbocycles. The van der Waals surface area contributed by atoms with Gasteiger partial charge in [-0.1, -0.05) is 6.92 Å². The lowest BCUT2D eigenvalue weighted by Gasteiger charge is -2.36. The Morgan fingerprint density at radius 1 is 1.35 bits per heavy atom. The molecule has 1 heterocycles. The van der Waals surface area contributed by atoms with Gasteiger partial charge in [-0.3, -0.25) is 4.90 Å². The zero-order chi connectivity index (χ0) is 12.9. The van der Waals surface area contributed by atoms with Crippen LogP contribution in [0.5, 0.6) is 0 Å². The van der Waals surface area contributed by atoms with Crippen LogP contribution in [0.2, 0.25) is 0 Å². The molecule has 1 fully saturated rings. The van der Waals surface area contributed by atoms with Crippen LogP contribution in [-0.4, -0.2) is 54.0 Å². The van der Waals surface area contributed by atoms with Crippen molar-refractivity contribution in [2.45, 2.75) is 57.8 Å². The van der Waals surface area contributed by atoms with E-state index in [1.54, 1.807) is 0 Å². The van der Waals surface area contributed by atoms with Gasteiger partial charge in [-0.05, 0) is 39.7 Å². The molecule has 4 nitrogen and oxygen atoms in total. The predicted octanol–water partition coefficient (Wildman–Crippen LogP) is 0.976. The average Bonchev–Trinajstić information content (AvgIpc) is 2.27. The molecule has 1 aliphatic heterocycles. The van der Waals surface area contributed by atoms with E-state index in [9.17, 15) is 5.11 Å². The van der Waals surface area contributed by atoms with Gasteiger partial charge in [-0.15, -0.1) is 0 Å². The van der Waals surface area contributed by atoms with Crippen LogP contribution in [0.1, 0.15) is 40.0 Å². The molecule has 0 aromatic heterocycles. The van der Waals surface area contributed by atoms with E-state index in [1.165, 1.54) is 0 Å². The summed E-state index contributed by atoms with van der Waals surface area (Å²) in [6.45, 7) is 9.43. The van der Waals surface area contributed by atoms with Crippen molar-refractivity contribution < 1.29 is 9.84 Å². The molecule has 0 radical (unpaired) electrons. The molecule has 3 atom stereocenters. The van der Waals surface area contributed by atoms with E-state index in [-0.39, 0.29) is 12.1 Å². The number of morpholine rings is 1. The van der Waals surface area contributed by atoms with Crippen molar-refractivity contribution in [2.75, 3.05) is 26.2 Å². The quantitative estimate of drug-likeness (QED) is 0.731. The van der Waals surface area contributed by atoms with Crippen LogP contribution in [0.15, 0.2) is 0 Å². The van der Waals surface area contributed by atoms with Gasteiger partial charge in [-0.2, -0.15) is 0 Å². The van der Waals surface area contributed by atoms with Gasteiger partial charge < -0.3 is 15.6 Å². The third kappa shape index (κ3) is 4.92. The smallest absolute Gasteiger partial charge is 0.0678 e. The molecular weight excluding hydrogens is 216 g/mol. The number of aliphatic hydroxyl groups excluding tert-OH is 1. The average molecular weight is 244 g/mol. The fourth-order valence-corrected chi connectivity index (χ4v) is 2.49. The van der Waals surface area contributed by atoms with Crippen molar-refractivity contribution in [1.29, 1.82) is 0 Å². The van der Waals surface area contributed by atoms with E-state index < -0.39 is 0 Å². The Balaban J connectivity index is 2.26. The maximum atomic E-state index is 9.25. The zero-order valence-electron chi connectivity index (χ0n) is 11.5. The second kappa shape index (κ2) is 6.69. The van der Waals surface area contributed by atoms with Gasteiger partial charge in [-0.25, -0.2) is 0 Å². The Morgan fingerprint density at radius 3 is 2.41 bits per heavy atom. The van der Waals surface area contributed by atoms with Crippen LogP contribution in [0.25, 0.3) is 0 Å². The molecule has 0 spiro atoms. The second-order valence-corrected chi connectivity index (χ2v) is 5.49. The summed E-state index contributed by atoms with van der Waals surface area (Å²) in [4.78, 5) is 2.44. The zero-order valence-corrected chi connectivity index (χ0v) is 11.5. The molecule has 0 bridgehead atoms. The van der Waals surface area contributed by atoms with Crippen molar-refractivity contribution in [3.05, 3.63) is 0 Å². The van der Waals surface area contributed by atoms with E-state index in [0.717, 1.165) is 38.9 Å². The summed E-state index contributed by atoms with van der Waals surface area (Å²) in [5.74, 6) is 0. The van der Waals surface area contributed by atoms with Gasteiger partial charge in [0.2, 0.25) is 0 Å². The number of aliphatic hydroxyl groups is 1. The maximum absolute atomic E-state index is 9.25. The lowest BCUT2D eigenvalue weighted by molar-refractivity contribution is -0.0685. The molecule has 17 heavy (non-hydrogen) atoms. The van der Waals surface area contributed by atoms with Crippen LogP contribution in [0.3, 0.4) is 0 Å². The van der Waals surface area contributed by atoms with E-state index in [1.807, 2.05) is 6.92 Å². The minimum Gasteiger partial charge on any atom is -0.394 e. The van der Waals surface area contributed by atoms with Gasteiger partial charge in [0.1, 0.15) is 0 Å². The summed E-state index contributed by atoms with van der Waals surface area (Å²) in [6.07, 6.45) is 3.42. The van der Waals surface area contributed by atoms with E-state index in [2.05, 4.69) is 18.7 Å². The lowest BCUT2D eigenvalue weighted by atomic mass is 9.92. The van der Waals surface area contributed by atoms with E-state index >= 15 is 0 Å². The summed E-state index contributed by atoms with van der Waals surface area (Å²) < 4.78 is 5.70. The summed E-state index contributed by atoms with van der Waals surface area (Å²) in [6, 6.07) is 0. The third-order valence-corrected chi connectivity index (χ3v) is 3.66. The first-order chi connectivity index (χ1) is 7.99. The Kier molecular flexibility index (Phi) is 5.86. The van der Waals surface area contributed by atoms with Gasteiger partial charge in [0, 0.05) is 18.6 Å². The van der Waals surface area contributed by atoms with Crippen molar-refractivity contribution in [3.8, 4) is 0 Å². The van der Waals surface area contributed by atoms with Gasteiger partial charge in [0.25, 0.3) is 0 Å². The van der Waals surface area contributed by atoms with Crippen molar-refractivity contribution in [1.82, 2.24) is 4.90 Å². The van der Waals surface area contributed by atoms with Crippen molar-refractivity contribution in [2.24, 2.45) is 5.73 Å². The summed E-state index contributed by atoms with van der Waals surface area (Å²) in [7, 11) is 0. The number of rotatable bonds is 6. The lowest BCUT2D eigenvalue weighted by Crippen LogP contribution is -2.47. The fourth-order valence-electron chi connectivity index (χ4n) is 2.49. The highest BCUT2D eigenvalue weighted by molar-refractivity contribution is 4.82. The summed E-state index contributed by atoms with van der Waals surface area (Å²) >= 11 is 0. The second-order valence-electron chi connectivity index (χ2n) is 5.49. The highest BCUT2D eigenvalue weighted by Gasteiger charge is 2.24. The Labute approximate surface area is 105 Å². The highest BCUT2D eigenvalue weighted by Crippen LogP contribution is 2.16. The predicted molar refractivity (Wildman–Crippen MR) is 70.0 cm³/mol.